The summed E-state index contributed by atoms with van der Waals surface area (Å²) in [6.45, 7) is 12.9. The van der Waals surface area contributed by atoms with E-state index in [1.165, 1.54) is 25.1 Å². The van der Waals surface area contributed by atoms with E-state index >= 15 is 0 Å². The number of hydrogen-bond acceptors (Lipinski definition) is 4. The monoisotopic (exact) mass is 306 g/mol. The van der Waals surface area contributed by atoms with Crippen LogP contribution in [-0.4, -0.2) is 55.7 Å². The van der Waals surface area contributed by atoms with Crippen LogP contribution < -0.4 is 9.47 Å². The molecule has 1 saturated heterocycles. The van der Waals surface area contributed by atoms with Crippen molar-refractivity contribution in [3.8, 4) is 11.5 Å². The zero-order chi connectivity index (χ0) is 15.9. The van der Waals surface area contributed by atoms with Gasteiger partial charge in [0.05, 0.1) is 13.7 Å². The summed E-state index contributed by atoms with van der Waals surface area (Å²) in [5.74, 6) is 1.66. The molecular weight excluding hydrogens is 276 g/mol. The summed E-state index contributed by atoms with van der Waals surface area (Å²) in [6, 6.07) is 6.97. The Hall–Kier alpha value is -1.26. The van der Waals surface area contributed by atoms with Gasteiger partial charge in [-0.15, -0.1) is 0 Å². The Labute approximate surface area is 135 Å². The SMILES string of the molecule is CCOc1cc(CN2CCN([C@H](C)CC)CC2)ccc1OC. The fraction of sp³-hybridized carbons (Fsp3) is 0.667. The van der Waals surface area contributed by atoms with E-state index in [9.17, 15) is 0 Å². The first kappa shape index (κ1) is 17.1. The first-order valence-electron chi connectivity index (χ1n) is 8.44. The summed E-state index contributed by atoms with van der Waals surface area (Å²) in [6.07, 6.45) is 1.23. The van der Waals surface area contributed by atoms with Gasteiger partial charge in [0.15, 0.2) is 11.5 Å². The number of methoxy groups -OCH3 is 1. The molecule has 1 atom stereocenters. The third-order valence-corrected chi connectivity index (χ3v) is 4.56. The standard InChI is InChI=1S/C18H30N2O2/c1-5-15(3)20-11-9-19(10-12-20)14-16-7-8-17(21-4)18(13-16)22-6-2/h7-8,13,15H,5-6,9-12,14H2,1-4H3/t15-/m1/s1. The summed E-state index contributed by atoms with van der Waals surface area (Å²) >= 11 is 0. The Balaban J connectivity index is 1.93. The summed E-state index contributed by atoms with van der Waals surface area (Å²) in [7, 11) is 1.69. The van der Waals surface area contributed by atoms with Crippen molar-refractivity contribution in [3.63, 3.8) is 0 Å². The molecule has 0 aromatic heterocycles. The van der Waals surface area contributed by atoms with Crippen LogP contribution in [0.5, 0.6) is 11.5 Å². The molecule has 124 valence electrons. The Morgan fingerprint density at radius 3 is 2.41 bits per heavy atom. The summed E-state index contributed by atoms with van der Waals surface area (Å²) in [5.41, 5.74) is 1.29. The lowest BCUT2D eigenvalue weighted by atomic mass is 10.1. The normalized spacial score (nSPS) is 18.2. The zero-order valence-corrected chi connectivity index (χ0v) is 14.5. The van der Waals surface area contributed by atoms with Crippen molar-refractivity contribution in [3.05, 3.63) is 23.8 Å². The number of ether oxygens (including phenoxy) is 2. The van der Waals surface area contributed by atoms with Crippen LogP contribution >= 0.6 is 0 Å². The molecule has 0 N–H and O–H groups in total. The Bertz CT molecular complexity index is 456. The highest BCUT2D eigenvalue weighted by atomic mass is 16.5. The molecular formula is C18H30N2O2. The first-order chi connectivity index (χ1) is 10.7. The van der Waals surface area contributed by atoms with E-state index in [-0.39, 0.29) is 0 Å². The summed E-state index contributed by atoms with van der Waals surface area (Å²) in [4.78, 5) is 5.12. The third kappa shape index (κ3) is 4.37. The van der Waals surface area contributed by atoms with Gasteiger partial charge >= 0.3 is 0 Å². The number of benzene rings is 1. The zero-order valence-electron chi connectivity index (χ0n) is 14.5. The first-order valence-corrected chi connectivity index (χ1v) is 8.44. The smallest absolute Gasteiger partial charge is 0.161 e. The van der Waals surface area contributed by atoms with E-state index < -0.39 is 0 Å². The van der Waals surface area contributed by atoms with Crippen LogP contribution in [0.4, 0.5) is 0 Å². The molecule has 1 aliphatic heterocycles. The predicted molar refractivity (Wildman–Crippen MR) is 90.8 cm³/mol. The number of nitrogens with zero attached hydrogens (tertiary/aromatic N) is 2. The molecule has 22 heavy (non-hydrogen) atoms. The van der Waals surface area contributed by atoms with Crippen LogP contribution in [0.25, 0.3) is 0 Å². The van der Waals surface area contributed by atoms with Gasteiger partial charge in [-0.3, -0.25) is 9.80 Å². The van der Waals surface area contributed by atoms with Gasteiger partial charge in [0.1, 0.15) is 0 Å². The van der Waals surface area contributed by atoms with Gasteiger partial charge in [-0.05, 0) is 38.0 Å². The minimum absolute atomic E-state index is 0.660. The van der Waals surface area contributed by atoms with Crippen molar-refractivity contribution in [1.82, 2.24) is 9.80 Å². The fourth-order valence-electron chi connectivity index (χ4n) is 2.97. The van der Waals surface area contributed by atoms with E-state index in [4.69, 9.17) is 9.47 Å². The van der Waals surface area contributed by atoms with Crippen molar-refractivity contribution in [2.45, 2.75) is 39.8 Å². The van der Waals surface area contributed by atoms with Crippen LogP contribution in [0.2, 0.25) is 0 Å². The maximum Gasteiger partial charge on any atom is 0.161 e. The molecule has 0 aliphatic carbocycles. The van der Waals surface area contributed by atoms with Gasteiger partial charge in [-0.25, -0.2) is 0 Å². The van der Waals surface area contributed by atoms with E-state index in [0.717, 1.165) is 31.1 Å². The Kier molecular flexibility index (Phi) is 6.52. The van der Waals surface area contributed by atoms with Crippen molar-refractivity contribution in [2.75, 3.05) is 39.9 Å². The van der Waals surface area contributed by atoms with Gasteiger partial charge in [-0.2, -0.15) is 0 Å². The maximum absolute atomic E-state index is 5.67. The fourth-order valence-corrected chi connectivity index (χ4v) is 2.97. The van der Waals surface area contributed by atoms with E-state index in [2.05, 4.69) is 35.8 Å². The molecule has 1 heterocycles. The summed E-state index contributed by atoms with van der Waals surface area (Å²) in [5, 5.41) is 0. The molecule has 0 unspecified atom stereocenters. The van der Waals surface area contributed by atoms with Crippen LogP contribution in [0, 0.1) is 0 Å². The second kappa shape index (κ2) is 8.39. The Morgan fingerprint density at radius 1 is 1.09 bits per heavy atom. The molecule has 0 amide bonds. The van der Waals surface area contributed by atoms with Crippen LogP contribution in [0.1, 0.15) is 32.8 Å². The minimum Gasteiger partial charge on any atom is -0.493 e. The lowest BCUT2D eigenvalue weighted by Gasteiger charge is -2.37. The van der Waals surface area contributed by atoms with Gasteiger partial charge in [-0.1, -0.05) is 13.0 Å². The van der Waals surface area contributed by atoms with Gasteiger partial charge < -0.3 is 9.47 Å². The largest absolute Gasteiger partial charge is 0.493 e. The van der Waals surface area contributed by atoms with Gasteiger partial charge in [0.25, 0.3) is 0 Å². The number of hydrogen-bond donors (Lipinski definition) is 0. The van der Waals surface area contributed by atoms with Crippen molar-refractivity contribution in [1.29, 1.82) is 0 Å². The average molecular weight is 306 g/mol. The molecule has 4 heteroatoms. The molecule has 1 aromatic carbocycles. The lowest BCUT2D eigenvalue weighted by Crippen LogP contribution is -2.48. The molecule has 1 aromatic rings. The predicted octanol–water partition coefficient (Wildman–Crippen LogP) is 3.01. The average Bonchev–Trinajstić information content (AvgIpc) is 2.55. The second-order valence-electron chi connectivity index (χ2n) is 5.99. The highest BCUT2D eigenvalue weighted by Gasteiger charge is 2.20. The molecule has 2 rings (SSSR count). The molecule has 0 saturated carbocycles. The third-order valence-electron chi connectivity index (χ3n) is 4.56. The van der Waals surface area contributed by atoms with Crippen molar-refractivity contribution < 1.29 is 9.47 Å². The minimum atomic E-state index is 0.660. The molecule has 1 fully saturated rings. The highest BCUT2D eigenvalue weighted by molar-refractivity contribution is 5.42. The van der Waals surface area contributed by atoms with Crippen molar-refractivity contribution >= 4 is 0 Å². The van der Waals surface area contributed by atoms with Crippen LogP contribution in [0.15, 0.2) is 18.2 Å². The number of piperazine rings is 1. The van der Waals surface area contributed by atoms with Crippen LogP contribution in [0.3, 0.4) is 0 Å². The maximum atomic E-state index is 5.67. The van der Waals surface area contributed by atoms with Crippen LogP contribution in [-0.2, 0) is 6.54 Å². The molecule has 1 aliphatic rings. The quantitative estimate of drug-likeness (QED) is 0.773. The van der Waals surface area contributed by atoms with Gasteiger partial charge in [0.2, 0.25) is 0 Å². The van der Waals surface area contributed by atoms with Gasteiger partial charge in [0, 0.05) is 38.8 Å². The molecule has 4 nitrogen and oxygen atoms in total. The molecule has 0 radical (unpaired) electrons. The summed E-state index contributed by atoms with van der Waals surface area (Å²) < 4.78 is 11.0. The van der Waals surface area contributed by atoms with E-state index in [1.807, 2.05) is 13.0 Å². The van der Waals surface area contributed by atoms with E-state index in [1.54, 1.807) is 7.11 Å². The topological polar surface area (TPSA) is 24.9 Å². The number of rotatable bonds is 7. The molecule has 0 bridgehead atoms. The molecule has 0 spiro atoms. The Morgan fingerprint density at radius 2 is 1.82 bits per heavy atom. The van der Waals surface area contributed by atoms with E-state index in [0.29, 0.717) is 12.6 Å². The highest BCUT2D eigenvalue weighted by Crippen LogP contribution is 2.28. The lowest BCUT2D eigenvalue weighted by molar-refractivity contribution is 0.0963. The van der Waals surface area contributed by atoms with Crippen molar-refractivity contribution in [2.24, 2.45) is 0 Å². The second-order valence-corrected chi connectivity index (χ2v) is 5.99.